The molecule has 0 unspecified atom stereocenters. The lowest BCUT2D eigenvalue weighted by atomic mass is 9.96. The molecule has 30 heavy (non-hydrogen) atoms. The number of urea groups is 1. The van der Waals surface area contributed by atoms with E-state index in [4.69, 9.17) is 0 Å². The predicted molar refractivity (Wildman–Crippen MR) is 112 cm³/mol. The van der Waals surface area contributed by atoms with Crippen molar-refractivity contribution in [3.8, 4) is 0 Å². The molecule has 0 saturated heterocycles. The molecule has 3 rings (SSSR count). The van der Waals surface area contributed by atoms with Crippen LogP contribution < -0.4 is 15.4 Å². The number of rotatable bonds is 6. The summed E-state index contributed by atoms with van der Waals surface area (Å²) in [5.74, 6) is 0. The normalized spacial score (nSPS) is 14.8. The molecule has 1 aliphatic carbocycles. The zero-order valence-corrected chi connectivity index (χ0v) is 17.7. The molecule has 3 amide bonds. The van der Waals surface area contributed by atoms with E-state index >= 15 is 0 Å². The Labute approximate surface area is 176 Å². The van der Waals surface area contributed by atoms with E-state index in [0.717, 1.165) is 43.4 Å². The van der Waals surface area contributed by atoms with Crippen LogP contribution in [-0.2, 0) is 16.4 Å². The lowest BCUT2D eigenvalue weighted by molar-refractivity contribution is 0.237. The Hall–Kier alpha value is -2.88. The van der Waals surface area contributed by atoms with Gasteiger partial charge in [-0.3, -0.25) is 0 Å². The van der Waals surface area contributed by atoms with E-state index in [1.54, 1.807) is 31.3 Å². The number of aryl methyl sites for hydroxylation is 1. The molecule has 0 bridgehead atoms. The van der Waals surface area contributed by atoms with Crippen molar-refractivity contribution >= 4 is 22.1 Å². The van der Waals surface area contributed by atoms with Crippen LogP contribution in [0.2, 0.25) is 0 Å². The molecule has 3 N–H and O–H groups in total. The van der Waals surface area contributed by atoms with Gasteiger partial charge in [-0.15, -0.1) is 0 Å². The fourth-order valence-electron chi connectivity index (χ4n) is 3.40. The Bertz CT molecular complexity index is 979. The van der Waals surface area contributed by atoms with Crippen LogP contribution >= 0.6 is 0 Å². The Kier molecular flexibility index (Phi) is 7.09. The zero-order valence-electron chi connectivity index (χ0n) is 16.9. The van der Waals surface area contributed by atoms with Crippen LogP contribution in [0.5, 0.6) is 0 Å². The van der Waals surface area contributed by atoms with Crippen LogP contribution in [0.15, 0.2) is 41.4 Å². The summed E-state index contributed by atoms with van der Waals surface area (Å²) < 4.78 is 28.1. The number of hydrogen-bond donors (Lipinski definition) is 3. The van der Waals surface area contributed by atoms with Crippen molar-refractivity contribution in [2.75, 3.05) is 6.54 Å². The lowest BCUT2D eigenvalue weighted by Crippen LogP contribution is -2.45. The molecule has 1 aromatic heterocycles. The maximum absolute atomic E-state index is 12.4. The minimum absolute atomic E-state index is 0.0149. The van der Waals surface area contributed by atoms with Crippen LogP contribution in [-0.4, -0.2) is 42.8 Å². The van der Waals surface area contributed by atoms with Crippen LogP contribution in [0.1, 0.15) is 43.4 Å². The minimum atomic E-state index is -3.94. The summed E-state index contributed by atoms with van der Waals surface area (Å²) in [7, 11) is -3.94. The molecule has 9 nitrogen and oxygen atoms in total. The largest absolute Gasteiger partial charge is 0.342 e. The Morgan fingerprint density at radius 1 is 1.10 bits per heavy atom. The number of amides is 3. The molecule has 10 heteroatoms. The second-order valence-electron chi connectivity index (χ2n) is 7.44. The number of hydrogen-bond acceptors (Lipinski definition) is 5. The highest BCUT2D eigenvalue weighted by Crippen LogP contribution is 2.17. The third-order valence-corrected chi connectivity index (χ3v) is 6.37. The van der Waals surface area contributed by atoms with Gasteiger partial charge in [-0.05, 0) is 49.9 Å². The van der Waals surface area contributed by atoms with Crippen molar-refractivity contribution in [1.29, 1.82) is 0 Å². The summed E-state index contributed by atoms with van der Waals surface area (Å²) >= 11 is 0. The molecule has 1 aliphatic rings. The average molecular weight is 434 g/mol. The first kappa shape index (κ1) is 21.8. The van der Waals surface area contributed by atoms with Gasteiger partial charge >= 0.3 is 12.1 Å². The third kappa shape index (κ3) is 6.06. The molecule has 0 aliphatic heterocycles. The van der Waals surface area contributed by atoms with E-state index in [-0.39, 0.29) is 17.0 Å². The summed E-state index contributed by atoms with van der Waals surface area (Å²) in [5.41, 5.74) is 1.61. The Morgan fingerprint density at radius 2 is 1.80 bits per heavy atom. The van der Waals surface area contributed by atoms with Gasteiger partial charge in [0.1, 0.15) is 0 Å². The molecular formula is C20H27N5O4S. The van der Waals surface area contributed by atoms with Crippen LogP contribution in [0.3, 0.4) is 0 Å². The summed E-state index contributed by atoms with van der Waals surface area (Å²) in [6.45, 7) is 2.18. The molecule has 1 fully saturated rings. The van der Waals surface area contributed by atoms with E-state index in [1.165, 1.54) is 16.8 Å². The smallest absolute Gasteiger partial charge is 0.336 e. The number of nitrogens with zero attached hydrogens (tertiary/aromatic N) is 2. The van der Waals surface area contributed by atoms with Crippen molar-refractivity contribution < 1.29 is 18.0 Å². The molecule has 1 heterocycles. The fraction of sp³-hybridized carbons (Fsp3) is 0.450. The first-order valence-electron chi connectivity index (χ1n) is 10.1. The van der Waals surface area contributed by atoms with Crippen molar-refractivity contribution in [3.63, 3.8) is 0 Å². The number of nitrogens with one attached hydrogen (secondary N) is 3. The first-order valence-corrected chi connectivity index (χ1v) is 11.5. The first-order chi connectivity index (χ1) is 14.3. The zero-order chi connectivity index (χ0) is 21.6. The van der Waals surface area contributed by atoms with Crippen LogP contribution in [0.4, 0.5) is 9.59 Å². The topological polar surface area (TPSA) is 122 Å². The van der Waals surface area contributed by atoms with Gasteiger partial charge in [0.15, 0.2) is 0 Å². The van der Waals surface area contributed by atoms with E-state index in [0.29, 0.717) is 13.0 Å². The monoisotopic (exact) mass is 433 g/mol. The van der Waals surface area contributed by atoms with Gasteiger partial charge in [-0.25, -0.2) is 22.7 Å². The van der Waals surface area contributed by atoms with E-state index in [9.17, 15) is 18.0 Å². The standard InChI is InChI=1S/C20H27N5O4S/c1-15-12-14-25(23-15)20(27)21-13-11-16-7-9-18(10-8-16)30(28,29)24-19(26)22-17-5-3-2-4-6-17/h7-10,12,14,17H,2-6,11,13H2,1H3,(H,21,27)(H2,22,24,26). The number of sulfonamides is 1. The SMILES string of the molecule is Cc1ccn(C(=O)NCCc2ccc(S(=O)(=O)NC(=O)NC3CCCCC3)cc2)n1. The summed E-state index contributed by atoms with van der Waals surface area (Å²) in [4.78, 5) is 24.0. The van der Waals surface area contributed by atoms with Gasteiger partial charge in [0, 0.05) is 18.8 Å². The van der Waals surface area contributed by atoms with Gasteiger partial charge < -0.3 is 10.6 Å². The van der Waals surface area contributed by atoms with E-state index < -0.39 is 16.1 Å². The van der Waals surface area contributed by atoms with Crippen LogP contribution in [0.25, 0.3) is 0 Å². The third-order valence-electron chi connectivity index (χ3n) is 5.02. The van der Waals surface area contributed by atoms with Crippen LogP contribution in [0, 0.1) is 6.92 Å². The van der Waals surface area contributed by atoms with Gasteiger partial charge in [0.2, 0.25) is 0 Å². The highest BCUT2D eigenvalue weighted by molar-refractivity contribution is 7.90. The molecule has 1 aromatic carbocycles. The highest BCUT2D eigenvalue weighted by Gasteiger charge is 2.21. The average Bonchev–Trinajstić information content (AvgIpc) is 3.15. The molecule has 162 valence electrons. The Balaban J connectivity index is 1.48. The predicted octanol–water partition coefficient (Wildman–Crippen LogP) is 2.31. The van der Waals surface area contributed by atoms with Gasteiger partial charge in [-0.1, -0.05) is 31.4 Å². The molecule has 0 atom stereocenters. The van der Waals surface area contributed by atoms with Gasteiger partial charge in [0.25, 0.3) is 10.0 Å². The number of carbonyl (C=O) groups is 2. The lowest BCUT2D eigenvalue weighted by Gasteiger charge is -2.22. The fourth-order valence-corrected chi connectivity index (χ4v) is 4.32. The highest BCUT2D eigenvalue weighted by atomic mass is 32.2. The van der Waals surface area contributed by atoms with Gasteiger partial charge in [0.05, 0.1) is 10.6 Å². The quantitative estimate of drug-likeness (QED) is 0.645. The molecule has 2 aromatic rings. The minimum Gasteiger partial charge on any atom is -0.336 e. The number of benzene rings is 1. The number of carbonyl (C=O) groups excluding carboxylic acids is 2. The van der Waals surface area contributed by atoms with Crippen molar-refractivity contribution in [2.24, 2.45) is 0 Å². The van der Waals surface area contributed by atoms with Crippen molar-refractivity contribution in [2.45, 2.75) is 56.4 Å². The molecule has 1 saturated carbocycles. The van der Waals surface area contributed by atoms with Crippen molar-refractivity contribution in [1.82, 2.24) is 25.1 Å². The maximum atomic E-state index is 12.4. The van der Waals surface area contributed by atoms with E-state index in [2.05, 4.69) is 20.5 Å². The summed E-state index contributed by atoms with van der Waals surface area (Å²) in [6.07, 6.45) is 7.10. The molecule has 0 spiro atoms. The van der Waals surface area contributed by atoms with E-state index in [1.807, 2.05) is 0 Å². The number of aromatic nitrogens is 2. The second kappa shape index (κ2) is 9.75. The Morgan fingerprint density at radius 3 is 2.43 bits per heavy atom. The summed E-state index contributed by atoms with van der Waals surface area (Å²) in [6, 6.07) is 6.97. The second-order valence-corrected chi connectivity index (χ2v) is 9.12. The maximum Gasteiger partial charge on any atom is 0.342 e. The van der Waals surface area contributed by atoms with Gasteiger partial charge in [-0.2, -0.15) is 9.78 Å². The molecular weight excluding hydrogens is 406 g/mol. The summed E-state index contributed by atoms with van der Waals surface area (Å²) in [5, 5.41) is 9.52. The molecule has 0 radical (unpaired) electrons. The van der Waals surface area contributed by atoms with Crippen molar-refractivity contribution in [3.05, 3.63) is 47.8 Å².